The van der Waals surface area contributed by atoms with Crippen molar-refractivity contribution >= 4 is 5.69 Å². The summed E-state index contributed by atoms with van der Waals surface area (Å²) in [4.78, 5) is 10.3. The summed E-state index contributed by atoms with van der Waals surface area (Å²) in [6.45, 7) is 0.574. The van der Waals surface area contributed by atoms with Gasteiger partial charge in [-0.15, -0.1) is 0 Å². The van der Waals surface area contributed by atoms with Gasteiger partial charge in [0, 0.05) is 30.8 Å². The Labute approximate surface area is 139 Å². The fraction of sp³-hybridized carbons (Fsp3) is 0.333. The number of aromatic hydroxyl groups is 1. The minimum absolute atomic E-state index is 0.00383. The van der Waals surface area contributed by atoms with Gasteiger partial charge in [-0.3, -0.25) is 10.1 Å². The van der Waals surface area contributed by atoms with Crippen LogP contribution in [-0.4, -0.2) is 21.7 Å². The Morgan fingerprint density at radius 3 is 2.83 bits per heavy atom. The van der Waals surface area contributed by atoms with Crippen LogP contribution in [0.1, 0.15) is 29.5 Å². The van der Waals surface area contributed by atoms with Crippen LogP contribution in [0, 0.1) is 10.1 Å². The number of nitrogens with zero attached hydrogens (tertiary/aromatic N) is 1. The van der Waals surface area contributed by atoms with E-state index in [0.29, 0.717) is 18.5 Å². The highest BCUT2D eigenvalue weighted by molar-refractivity contribution is 5.43. The Kier molecular flexibility index (Phi) is 4.51. The molecule has 1 aliphatic rings. The zero-order valence-electron chi connectivity index (χ0n) is 13.2. The minimum Gasteiger partial charge on any atom is -0.508 e. The van der Waals surface area contributed by atoms with E-state index in [1.807, 2.05) is 24.3 Å². The van der Waals surface area contributed by atoms with E-state index in [0.717, 1.165) is 24.0 Å². The summed E-state index contributed by atoms with van der Waals surface area (Å²) >= 11 is 0. The molecular formula is C18H20N2O4. The average molecular weight is 328 g/mol. The van der Waals surface area contributed by atoms with Crippen molar-refractivity contribution in [1.29, 1.82) is 0 Å². The molecule has 6 nitrogen and oxygen atoms in total. The maximum absolute atomic E-state index is 11.0. The monoisotopic (exact) mass is 328 g/mol. The first-order valence-electron chi connectivity index (χ1n) is 7.97. The lowest BCUT2D eigenvalue weighted by molar-refractivity contribution is -0.384. The van der Waals surface area contributed by atoms with Gasteiger partial charge >= 0.3 is 0 Å². The van der Waals surface area contributed by atoms with Crippen LogP contribution in [0.15, 0.2) is 42.5 Å². The molecule has 1 unspecified atom stereocenters. The van der Waals surface area contributed by atoms with E-state index < -0.39 is 10.5 Å². The van der Waals surface area contributed by atoms with Crippen molar-refractivity contribution in [2.45, 2.75) is 31.4 Å². The van der Waals surface area contributed by atoms with Gasteiger partial charge in [-0.25, -0.2) is 0 Å². The second-order valence-corrected chi connectivity index (χ2v) is 6.22. The number of aliphatic hydroxyl groups is 1. The number of nitro benzene ring substituents is 1. The molecule has 0 aliphatic heterocycles. The predicted molar refractivity (Wildman–Crippen MR) is 89.7 cm³/mol. The molecule has 0 aromatic heterocycles. The molecule has 0 saturated carbocycles. The van der Waals surface area contributed by atoms with Crippen LogP contribution < -0.4 is 5.32 Å². The molecule has 2 aromatic carbocycles. The normalized spacial score (nSPS) is 19.7. The van der Waals surface area contributed by atoms with Crippen LogP contribution in [0.5, 0.6) is 5.75 Å². The Bertz CT molecular complexity index is 762. The maximum atomic E-state index is 11.0. The first kappa shape index (κ1) is 16.4. The van der Waals surface area contributed by atoms with Crippen molar-refractivity contribution in [1.82, 2.24) is 5.32 Å². The number of non-ortho nitro benzene ring substituents is 1. The Hall–Kier alpha value is -2.44. The first-order chi connectivity index (χ1) is 11.5. The predicted octanol–water partition coefficient (Wildman–Crippen LogP) is 2.61. The second kappa shape index (κ2) is 6.59. The van der Waals surface area contributed by atoms with Gasteiger partial charge in [0.05, 0.1) is 4.92 Å². The quantitative estimate of drug-likeness (QED) is 0.579. The van der Waals surface area contributed by atoms with Crippen molar-refractivity contribution in [2.24, 2.45) is 0 Å². The van der Waals surface area contributed by atoms with Crippen LogP contribution in [0.3, 0.4) is 0 Å². The van der Waals surface area contributed by atoms with Crippen LogP contribution in [0.25, 0.3) is 0 Å². The molecule has 0 bridgehead atoms. The number of benzene rings is 2. The fourth-order valence-electron chi connectivity index (χ4n) is 3.31. The number of phenolic OH excluding ortho intramolecular Hbond substituents is 1. The lowest BCUT2D eigenvalue weighted by Crippen LogP contribution is -2.40. The van der Waals surface area contributed by atoms with Crippen molar-refractivity contribution in [3.63, 3.8) is 0 Å². The standard InChI is InChI=1S/C18H20N2O4/c21-17-8-7-15(20(23)24)10-14(17)11-19-12-18(22)9-3-5-13-4-1-2-6-16(13)18/h1-2,4,6-8,10,19,21-22H,3,5,9,11-12H2. The molecule has 6 heteroatoms. The average Bonchev–Trinajstić information content (AvgIpc) is 2.57. The zero-order valence-corrected chi connectivity index (χ0v) is 13.2. The molecular weight excluding hydrogens is 308 g/mol. The van der Waals surface area contributed by atoms with Gasteiger partial charge in [-0.05, 0) is 36.5 Å². The highest BCUT2D eigenvalue weighted by atomic mass is 16.6. The van der Waals surface area contributed by atoms with E-state index in [2.05, 4.69) is 5.32 Å². The Morgan fingerprint density at radius 2 is 2.04 bits per heavy atom. The van der Waals surface area contributed by atoms with Gasteiger partial charge in [0.15, 0.2) is 0 Å². The lowest BCUT2D eigenvalue weighted by atomic mass is 9.79. The van der Waals surface area contributed by atoms with Gasteiger partial charge in [0.2, 0.25) is 0 Å². The Morgan fingerprint density at radius 1 is 1.25 bits per heavy atom. The van der Waals surface area contributed by atoms with Crippen molar-refractivity contribution < 1.29 is 15.1 Å². The molecule has 0 amide bonds. The van der Waals surface area contributed by atoms with Crippen LogP contribution >= 0.6 is 0 Å². The number of nitro groups is 1. The Balaban J connectivity index is 1.71. The van der Waals surface area contributed by atoms with E-state index in [1.165, 1.54) is 18.2 Å². The van der Waals surface area contributed by atoms with Gasteiger partial charge < -0.3 is 15.5 Å². The molecule has 1 atom stereocenters. The first-order valence-corrected chi connectivity index (χ1v) is 7.97. The van der Waals surface area contributed by atoms with E-state index >= 15 is 0 Å². The summed E-state index contributed by atoms with van der Waals surface area (Å²) in [6.07, 6.45) is 2.54. The highest BCUT2D eigenvalue weighted by Gasteiger charge is 2.33. The molecule has 24 heavy (non-hydrogen) atoms. The smallest absolute Gasteiger partial charge is 0.270 e. The third kappa shape index (κ3) is 3.25. The van der Waals surface area contributed by atoms with Crippen LogP contribution in [-0.2, 0) is 18.6 Å². The third-order valence-corrected chi connectivity index (χ3v) is 4.56. The number of hydrogen-bond acceptors (Lipinski definition) is 5. The number of fused-ring (bicyclic) bond motifs is 1. The van der Waals surface area contributed by atoms with Crippen molar-refractivity contribution in [3.8, 4) is 5.75 Å². The zero-order chi connectivity index (χ0) is 17.2. The van der Waals surface area contributed by atoms with Gasteiger partial charge in [-0.2, -0.15) is 0 Å². The number of hydrogen-bond donors (Lipinski definition) is 3. The summed E-state index contributed by atoms with van der Waals surface area (Å²) < 4.78 is 0. The van der Waals surface area contributed by atoms with Crippen molar-refractivity contribution in [2.75, 3.05) is 6.54 Å². The van der Waals surface area contributed by atoms with E-state index in [9.17, 15) is 20.3 Å². The molecule has 0 saturated heterocycles. The van der Waals surface area contributed by atoms with Crippen LogP contribution in [0.2, 0.25) is 0 Å². The summed E-state index contributed by atoms with van der Waals surface area (Å²) in [5, 5.41) is 34.8. The molecule has 0 fully saturated rings. The van der Waals surface area contributed by atoms with Gasteiger partial charge in [0.25, 0.3) is 5.69 Å². The molecule has 0 radical (unpaired) electrons. The molecule has 0 heterocycles. The largest absolute Gasteiger partial charge is 0.508 e. The second-order valence-electron chi connectivity index (χ2n) is 6.22. The summed E-state index contributed by atoms with van der Waals surface area (Å²) in [5.41, 5.74) is 1.52. The fourth-order valence-corrected chi connectivity index (χ4v) is 3.31. The van der Waals surface area contributed by atoms with E-state index in [-0.39, 0.29) is 18.0 Å². The van der Waals surface area contributed by atoms with Gasteiger partial charge in [-0.1, -0.05) is 24.3 Å². The number of nitrogens with one attached hydrogen (secondary N) is 1. The number of phenols is 1. The lowest BCUT2D eigenvalue weighted by Gasteiger charge is -2.34. The molecule has 126 valence electrons. The number of rotatable bonds is 5. The minimum atomic E-state index is -0.953. The molecule has 0 spiro atoms. The van der Waals surface area contributed by atoms with E-state index in [4.69, 9.17) is 0 Å². The topological polar surface area (TPSA) is 95.6 Å². The van der Waals surface area contributed by atoms with Crippen LogP contribution in [0.4, 0.5) is 5.69 Å². The number of aryl methyl sites for hydroxylation is 1. The molecule has 1 aliphatic carbocycles. The van der Waals surface area contributed by atoms with Crippen molar-refractivity contribution in [3.05, 3.63) is 69.3 Å². The summed E-state index contributed by atoms with van der Waals surface area (Å²) in [6, 6.07) is 11.8. The SMILES string of the molecule is O=[N+]([O-])c1ccc(O)c(CNCC2(O)CCCc3ccccc32)c1. The maximum Gasteiger partial charge on any atom is 0.270 e. The summed E-state index contributed by atoms with van der Waals surface area (Å²) in [5.74, 6) is 0.00383. The van der Waals surface area contributed by atoms with E-state index in [1.54, 1.807) is 0 Å². The molecule has 3 N–H and O–H groups in total. The molecule has 2 aromatic rings. The highest BCUT2D eigenvalue weighted by Crippen LogP contribution is 2.34. The third-order valence-electron chi connectivity index (χ3n) is 4.56. The van der Waals surface area contributed by atoms with Gasteiger partial charge in [0.1, 0.15) is 11.4 Å². The molecule has 3 rings (SSSR count). The summed E-state index contributed by atoms with van der Waals surface area (Å²) in [7, 11) is 0.